The molecule has 0 saturated carbocycles. The molecule has 1 saturated heterocycles. The van der Waals surface area contributed by atoms with Gasteiger partial charge in [0.15, 0.2) is 5.96 Å². The van der Waals surface area contributed by atoms with Crippen LogP contribution >= 0.6 is 24.0 Å². The molecule has 3 atom stereocenters. The van der Waals surface area contributed by atoms with Crippen molar-refractivity contribution in [1.82, 2.24) is 10.2 Å². The number of nitrogens with zero attached hydrogens (tertiary/aromatic N) is 2. The fourth-order valence-electron chi connectivity index (χ4n) is 4.21. The van der Waals surface area contributed by atoms with Crippen molar-refractivity contribution in [3.8, 4) is 0 Å². The Labute approximate surface area is 157 Å². The first-order valence-corrected chi connectivity index (χ1v) is 8.90. The van der Waals surface area contributed by atoms with Gasteiger partial charge in [0.1, 0.15) is 0 Å². The maximum absolute atomic E-state index is 4.78. The number of rotatable bonds is 2. The highest BCUT2D eigenvalue weighted by molar-refractivity contribution is 14.0. The minimum atomic E-state index is 0. The van der Waals surface area contributed by atoms with E-state index in [1.165, 1.54) is 37.7 Å². The monoisotopic (exact) mass is 425 g/mol. The first-order chi connectivity index (χ1) is 10.7. The average molecular weight is 425 g/mol. The number of benzene rings is 1. The van der Waals surface area contributed by atoms with Gasteiger partial charge in [0.05, 0.1) is 18.6 Å². The third-order valence-electron chi connectivity index (χ3n) is 5.63. The number of fused-ring (bicyclic) bond motifs is 2. The van der Waals surface area contributed by atoms with E-state index in [9.17, 15) is 0 Å². The molecule has 126 valence electrons. The number of hydrogen-bond acceptors (Lipinski definition) is 3. The Balaban J connectivity index is 0.00000156. The van der Waals surface area contributed by atoms with Gasteiger partial charge in [-0.3, -0.25) is 4.99 Å². The Kier molecular flexibility index (Phi) is 5.19. The van der Waals surface area contributed by atoms with Gasteiger partial charge in [0.25, 0.3) is 0 Å². The predicted molar refractivity (Wildman–Crippen MR) is 107 cm³/mol. The van der Waals surface area contributed by atoms with E-state index in [4.69, 9.17) is 4.99 Å². The fourth-order valence-corrected chi connectivity index (χ4v) is 4.21. The van der Waals surface area contributed by atoms with Crippen molar-refractivity contribution in [2.24, 2.45) is 10.9 Å². The number of hydrogen-bond donors (Lipinski definition) is 1. The van der Waals surface area contributed by atoms with E-state index in [1.807, 2.05) is 0 Å². The van der Waals surface area contributed by atoms with E-state index in [-0.39, 0.29) is 24.0 Å². The molecular formula is C19H28IN3. The minimum absolute atomic E-state index is 0. The van der Waals surface area contributed by atoms with Crippen molar-refractivity contribution >= 4 is 29.9 Å². The summed E-state index contributed by atoms with van der Waals surface area (Å²) in [6, 6.07) is 8.02. The Morgan fingerprint density at radius 2 is 2.04 bits per heavy atom. The van der Waals surface area contributed by atoms with Crippen LogP contribution in [-0.4, -0.2) is 30.0 Å². The van der Waals surface area contributed by atoms with Crippen LogP contribution in [-0.2, 0) is 12.8 Å². The Bertz CT molecular complexity index is 598. The molecule has 0 aromatic heterocycles. The van der Waals surface area contributed by atoms with Crippen molar-refractivity contribution in [3.05, 3.63) is 34.9 Å². The highest BCUT2D eigenvalue weighted by Gasteiger charge is 2.33. The zero-order valence-electron chi connectivity index (χ0n) is 14.2. The van der Waals surface area contributed by atoms with Crippen molar-refractivity contribution in [2.75, 3.05) is 13.1 Å². The van der Waals surface area contributed by atoms with Crippen molar-refractivity contribution in [1.29, 1.82) is 0 Å². The van der Waals surface area contributed by atoms with Gasteiger partial charge >= 0.3 is 0 Å². The number of aryl methyl sites for hydroxylation is 2. The summed E-state index contributed by atoms with van der Waals surface area (Å²) in [6.45, 7) is 6.76. The average Bonchev–Trinajstić information content (AvgIpc) is 3.13. The molecule has 4 rings (SSSR count). The lowest BCUT2D eigenvalue weighted by molar-refractivity contribution is 0.210. The van der Waals surface area contributed by atoms with Crippen molar-refractivity contribution < 1.29 is 0 Å². The molecule has 23 heavy (non-hydrogen) atoms. The molecule has 0 spiro atoms. The van der Waals surface area contributed by atoms with E-state index in [1.54, 1.807) is 11.1 Å². The fraction of sp³-hybridized carbons (Fsp3) is 0.632. The van der Waals surface area contributed by atoms with Gasteiger partial charge in [-0.15, -0.1) is 24.0 Å². The number of piperidine rings is 1. The second-order valence-corrected chi connectivity index (χ2v) is 7.40. The standard InChI is InChI=1S/C19H27N3.HI/c1-13-6-9-18-11-20-19(22(18)12-13)21-14(2)16-8-7-15-4-3-5-17(15)10-16;/h7-8,10,13-14,18H,3-6,9,11-12H2,1-2H3,(H,20,21);1H/t13?,14-,18?;/m1./s1. The summed E-state index contributed by atoms with van der Waals surface area (Å²) in [5.74, 6) is 1.92. The largest absolute Gasteiger partial charge is 0.350 e. The number of guanidine groups is 1. The first-order valence-electron chi connectivity index (χ1n) is 8.90. The molecule has 0 amide bonds. The molecule has 0 radical (unpaired) electrons. The zero-order chi connectivity index (χ0) is 15.1. The third-order valence-corrected chi connectivity index (χ3v) is 5.63. The van der Waals surface area contributed by atoms with Gasteiger partial charge in [-0.1, -0.05) is 25.1 Å². The molecule has 2 heterocycles. The summed E-state index contributed by atoms with van der Waals surface area (Å²) in [7, 11) is 0. The summed E-state index contributed by atoms with van der Waals surface area (Å²) < 4.78 is 0. The second kappa shape index (κ2) is 6.99. The number of halogens is 1. The van der Waals surface area contributed by atoms with Crippen molar-refractivity contribution in [3.63, 3.8) is 0 Å². The summed E-state index contributed by atoms with van der Waals surface area (Å²) >= 11 is 0. The number of nitrogens with one attached hydrogen (secondary N) is 1. The lowest BCUT2D eigenvalue weighted by atomic mass is 9.95. The lowest BCUT2D eigenvalue weighted by Crippen LogP contribution is -2.48. The molecule has 1 aromatic rings. The molecule has 1 aliphatic carbocycles. The minimum Gasteiger partial charge on any atom is -0.350 e. The summed E-state index contributed by atoms with van der Waals surface area (Å²) in [5.41, 5.74) is 4.51. The Hall–Kier alpha value is -0.780. The maximum atomic E-state index is 4.78. The zero-order valence-corrected chi connectivity index (χ0v) is 16.5. The second-order valence-electron chi connectivity index (χ2n) is 7.40. The van der Waals surface area contributed by atoms with Gasteiger partial charge in [-0.25, -0.2) is 0 Å². The van der Waals surface area contributed by atoms with E-state index in [2.05, 4.69) is 42.3 Å². The van der Waals surface area contributed by atoms with E-state index < -0.39 is 0 Å². The molecule has 3 aliphatic rings. The van der Waals surface area contributed by atoms with Crippen LogP contribution in [0.3, 0.4) is 0 Å². The molecule has 2 unspecified atom stereocenters. The molecule has 1 fully saturated rings. The Morgan fingerprint density at radius 3 is 2.91 bits per heavy atom. The predicted octanol–water partition coefficient (Wildman–Crippen LogP) is 3.91. The van der Waals surface area contributed by atoms with E-state index in [0.717, 1.165) is 25.0 Å². The van der Waals surface area contributed by atoms with Crippen LogP contribution in [0.5, 0.6) is 0 Å². The van der Waals surface area contributed by atoms with Gasteiger partial charge in [-0.05, 0) is 61.6 Å². The van der Waals surface area contributed by atoms with Crippen LogP contribution in [0.15, 0.2) is 23.2 Å². The number of aliphatic imine (C=N–C) groups is 1. The summed E-state index contributed by atoms with van der Waals surface area (Å²) in [5, 5.41) is 3.68. The smallest absolute Gasteiger partial charge is 0.194 e. The molecule has 1 aromatic carbocycles. The highest BCUT2D eigenvalue weighted by Crippen LogP contribution is 2.28. The van der Waals surface area contributed by atoms with Gasteiger partial charge in [-0.2, -0.15) is 0 Å². The third kappa shape index (κ3) is 3.37. The van der Waals surface area contributed by atoms with Crippen LogP contribution in [0.1, 0.15) is 55.8 Å². The van der Waals surface area contributed by atoms with E-state index >= 15 is 0 Å². The Morgan fingerprint density at radius 1 is 1.22 bits per heavy atom. The summed E-state index contributed by atoms with van der Waals surface area (Å²) in [4.78, 5) is 7.30. The SMILES string of the molecule is CC1CCC2CN=C(N[C@H](C)c3ccc4c(c3)CCC4)N2C1.I. The highest BCUT2D eigenvalue weighted by atomic mass is 127. The maximum Gasteiger partial charge on any atom is 0.194 e. The van der Waals surface area contributed by atoms with E-state index in [0.29, 0.717) is 12.1 Å². The molecule has 2 aliphatic heterocycles. The first kappa shape index (κ1) is 17.1. The van der Waals surface area contributed by atoms with Crippen LogP contribution < -0.4 is 5.32 Å². The van der Waals surface area contributed by atoms with Gasteiger partial charge in [0.2, 0.25) is 0 Å². The van der Waals surface area contributed by atoms with Crippen molar-refractivity contribution in [2.45, 2.75) is 58.0 Å². The van der Waals surface area contributed by atoms with Gasteiger partial charge < -0.3 is 10.2 Å². The molecule has 0 bridgehead atoms. The molecule has 3 nitrogen and oxygen atoms in total. The lowest BCUT2D eigenvalue weighted by Gasteiger charge is -2.36. The normalized spacial score (nSPS) is 26.9. The molecule has 4 heteroatoms. The topological polar surface area (TPSA) is 27.6 Å². The molecule has 1 N–H and O–H groups in total. The van der Waals surface area contributed by atoms with Crippen LogP contribution in [0.2, 0.25) is 0 Å². The quantitative estimate of drug-likeness (QED) is 0.728. The van der Waals surface area contributed by atoms with Gasteiger partial charge in [0, 0.05) is 6.54 Å². The molecular weight excluding hydrogens is 397 g/mol. The summed E-state index contributed by atoms with van der Waals surface area (Å²) in [6.07, 6.45) is 6.48. The van der Waals surface area contributed by atoms with Crippen LogP contribution in [0, 0.1) is 5.92 Å². The van der Waals surface area contributed by atoms with Crippen LogP contribution in [0.4, 0.5) is 0 Å². The van der Waals surface area contributed by atoms with Crippen LogP contribution in [0.25, 0.3) is 0 Å².